The lowest BCUT2D eigenvalue weighted by Crippen LogP contribution is -2.39. The third-order valence-corrected chi connectivity index (χ3v) is 3.30. The van der Waals surface area contributed by atoms with Crippen LogP contribution in [0.5, 0.6) is 0 Å². The summed E-state index contributed by atoms with van der Waals surface area (Å²) in [6.45, 7) is 2.89. The molecule has 1 amide bonds. The van der Waals surface area contributed by atoms with Gasteiger partial charge in [0.05, 0.1) is 5.69 Å². The normalized spacial score (nSPS) is 16.8. The number of amides is 1. The molecule has 0 bridgehead atoms. The molecule has 0 aromatic carbocycles. The quantitative estimate of drug-likeness (QED) is 0.876. The van der Waals surface area contributed by atoms with E-state index in [-0.39, 0.29) is 24.0 Å². The first-order valence-electron chi connectivity index (χ1n) is 5.99. The van der Waals surface area contributed by atoms with E-state index in [0.29, 0.717) is 18.8 Å². The first-order valence-corrected chi connectivity index (χ1v) is 5.99. The first kappa shape index (κ1) is 12.6. The van der Waals surface area contributed by atoms with Crippen molar-refractivity contribution in [2.45, 2.75) is 26.2 Å². The Balaban J connectivity index is 1.92. The summed E-state index contributed by atoms with van der Waals surface area (Å²) in [5.74, 6) is -0.473. The van der Waals surface area contributed by atoms with Gasteiger partial charge in [-0.2, -0.15) is 0 Å². The molecule has 98 valence electrons. The van der Waals surface area contributed by atoms with Crippen LogP contribution >= 0.6 is 0 Å². The van der Waals surface area contributed by atoms with Gasteiger partial charge in [-0.1, -0.05) is 0 Å². The minimum Gasteiger partial charge on any atom is -0.481 e. The van der Waals surface area contributed by atoms with Crippen molar-refractivity contribution in [1.29, 1.82) is 0 Å². The predicted molar refractivity (Wildman–Crippen MR) is 62.1 cm³/mol. The number of aliphatic carboxylic acids is 1. The summed E-state index contributed by atoms with van der Waals surface area (Å²) in [5, 5.41) is 8.72. The van der Waals surface area contributed by atoms with Crippen LogP contribution in [0.25, 0.3) is 0 Å². The second-order valence-electron chi connectivity index (χ2n) is 4.60. The Morgan fingerprint density at radius 1 is 1.50 bits per heavy atom. The molecule has 0 spiro atoms. The Labute approximate surface area is 105 Å². The van der Waals surface area contributed by atoms with Crippen molar-refractivity contribution in [3.8, 4) is 0 Å². The van der Waals surface area contributed by atoms with Crippen molar-refractivity contribution < 1.29 is 19.1 Å². The molecular formula is C12H16N2O4. The van der Waals surface area contributed by atoms with Gasteiger partial charge in [-0.15, -0.1) is 0 Å². The molecule has 0 aliphatic carbocycles. The number of aromatic nitrogens is 1. The molecule has 1 aromatic rings. The Morgan fingerprint density at radius 3 is 2.67 bits per heavy atom. The number of hydrogen-bond donors (Lipinski definition) is 1. The molecular weight excluding hydrogens is 236 g/mol. The van der Waals surface area contributed by atoms with Gasteiger partial charge >= 0.3 is 5.97 Å². The number of carboxylic acid groups (broad SMARTS) is 1. The first-order chi connectivity index (χ1) is 8.58. The smallest absolute Gasteiger partial charge is 0.303 e. The molecule has 1 aliphatic rings. The van der Waals surface area contributed by atoms with Crippen LogP contribution in [0.15, 0.2) is 10.8 Å². The molecule has 1 saturated heterocycles. The van der Waals surface area contributed by atoms with Crippen molar-refractivity contribution >= 4 is 11.9 Å². The largest absolute Gasteiger partial charge is 0.481 e. The van der Waals surface area contributed by atoms with Gasteiger partial charge in [-0.05, 0) is 25.7 Å². The number of carboxylic acids is 1. The molecule has 0 radical (unpaired) electrons. The summed E-state index contributed by atoms with van der Waals surface area (Å²) in [6.07, 6.45) is 2.90. The second-order valence-corrected chi connectivity index (χ2v) is 4.60. The average Bonchev–Trinajstić information content (AvgIpc) is 2.75. The molecule has 2 rings (SSSR count). The number of oxazole rings is 1. The van der Waals surface area contributed by atoms with Gasteiger partial charge in [-0.25, -0.2) is 4.98 Å². The zero-order valence-electron chi connectivity index (χ0n) is 10.3. The van der Waals surface area contributed by atoms with E-state index < -0.39 is 5.97 Å². The third-order valence-electron chi connectivity index (χ3n) is 3.30. The van der Waals surface area contributed by atoms with Gasteiger partial charge in [0.25, 0.3) is 5.91 Å². The zero-order valence-corrected chi connectivity index (χ0v) is 10.3. The van der Waals surface area contributed by atoms with Crippen LogP contribution in [0.1, 0.15) is 35.5 Å². The van der Waals surface area contributed by atoms with Crippen molar-refractivity contribution in [3.63, 3.8) is 0 Å². The number of carbonyl (C=O) groups excluding carboxylic acids is 1. The van der Waals surface area contributed by atoms with E-state index in [1.54, 1.807) is 11.8 Å². The van der Waals surface area contributed by atoms with E-state index in [1.807, 2.05) is 0 Å². The molecule has 2 heterocycles. The number of piperidine rings is 1. The lowest BCUT2D eigenvalue weighted by atomic mass is 9.93. The maximum atomic E-state index is 12.1. The van der Waals surface area contributed by atoms with Crippen molar-refractivity contribution in [1.82, 2.24) is 9.88 Å². The Bertz CT molecular complexity index is 447. The van der Waals surface area contributed by atoms with Gasteiger partial charge in [0.1, 0.15) is 0 Å². The predicted octanol–water partition coefficient (Wildman–Crippen LogP) is 1.31. The standard InChI is InChI=1S/C12H16N2O4/c1-8-11(18-7-13-8)12(17)14-4-2-9(3-5-14)6-10(15)16/h7,9H,2-6H2,1H3,(H,15,16). The monoisotopic (exact) mass is 252 g/mol. The minimum absolute atomic E-state index is 0.154. The zero-order chi connectivity index (χ0) is 13.1. The van der Waals surface area contributed by atoms with E-state index in [0.717, 1.165) is 12.8 Å². The fourth-order valence-corrected chi connectivity index (χ4v) is 2.24. The molecule has 18 heavy (non-hydrogen) atoms. The van der Waals surface area contributed by atoms with Crippen LogP contribution in [-0.2, 0) is 4.79 Å². The van der Waals surface area contributed by atoms with Gasteiger partial charge in [0, 0.05) is 19.5 Å². The second kappa shape index (κ2) is 5.20. The summed E-state index contributed by atoms with van der Waals surface area (Å²) < 4.78 is 5.07. The van der Waals surface area contributed by atoms with Crippen molar-refractivity contribution in [2.24, 2.45) is 5.92 Å². The van der Waals surface area contributed by atoms with Gasteiger partial charge < -0.3 is 14.4 Å². The summed E-state index contributed by atoms with van der Waals surface area (Å²) in [6, 6.07) is 0. The summed E-state index contributed by atoms with van der Waals surface area (Å²) >= 11 is 0. The number of nitrogens with zero attached hydrogens (tertiary/aromatic N) is 2. The SMILES string of the molecule is Cc1ncoc1C(=O)N1CCC(CC(=O)O)CC1. The van der Waals surface area contributed by atoms with Crippen molar-refractivity contribution in [2.75, 3.05) is 13.1 Å². The third kappa shape index (κ3) is 2.69. The maximum absolute atomic E-state index is 12.1. The van der Waals surface area contributed by atoms with E-state index >= 15 is 0 Å². The highest BCUT2D eigenvalue weighted by atomic mass is 16.4. The molecule has 6 nitrogen and oxygen atoms in total. The van der Waals surface area contributed by atoms with Crippen LogP contribution in [0.3, 0.4) is 0 Å². The molecule has 0 saturated carbocycles. The Hall–Kier alpha value is -1.85. The van der Waals surface area contributed by atoms with Crippen LogP contribution < -0.4 is 0 Å². The molecule has 6 heteroatoms. The fraction of sp³-hybridized carbons (Fsp3) is 0.583. The molecule has 1 N–H and O–H groups in total. The summed E-state index contributed by atoms with van der Waals surface area (Å²) in [7, 11) is 0. The van der Waals surface area contributed by atoms with Gasteiger partial charge in [0.2, 0.25) is 5.76 Å². The highest BCUT2D eigenvalue weighted by Crippen LogP contribution is 2.22. The fourth-order valence-electron chi connectivity index (χ4n) is 2.24. The molecule has 0 unspecified atom stereocenters. The molecule has 1 aromatic heterocycles. The van der Waals surface area contributed by atoms with Crippen molar-refractivity contribution in [3.05, 3.63) is 17.8 Å². The lowest BCUT2D eigenvalue weighted by molar-refractivity contribution is -0.138. The number of hydrogen-bond acceptors (Lipinski definition) is 4. The van der Waals surface area contributed by atoms with Crippen LogP contribution in [0.4, 0.5) is 0 Å². The van der Waals surface area contributed by atoms with E-state index in [2.05, 4.69) is 4.98 Å². The topological polar surface area (TPSA) is 83.6 Å². The average molecular weight is 252 g/mol. The maximum Gasteiger partial charge on any atom is 0.303 e. The lowest BCUT2D eigenvalue weighted by Gasteiger charge is -2.30. The van der Waals surface area contributed by atoms with Gasteiger partial charge in [0.15, 0.2) is 6.39 Å². The highest BCUT2D eigenvalue weighted by Gasteiger charge is 2.27. The van der Waals surface area contributed by atoms with Gasteiger partial charge in [-0.3, -0.25) is 9.59 Å². The molecule has 0 atom stereocenters. The van der Waals surface area contributed by atoms with Crippen LogP contribution in [-0.4, -0.2) is 40.0 Å². The number of rotatable bonds is 3. The van der Waals surface area contributed by atoms with Crippen LogP contribution in [0.2, 0.25) is 0 Å². The van der Waals surface area contributed by atoms with E-state index in [1.165, 1.54) is 6.39 Å². The number of carbonyl (C=O) groups is 2. The minimum atomic E-state index is -0.772. The molecule has 1 fully saturated rings. The van der Waals surface area contributed by atoms with E-state index in [4.69, 9.17) is 9.52 Å². The Kier molecular flexibility index (Phi) is 3.64. The highest BCUT2D eigenvalue weighted by molar-refractivity contribution is 5.92. The Morgan fingerprint density at radius 2 is 2.17 bits per heavy atom. The number of likely N-dealkylation sites (tertiary alicyclic amines) is 1. The number of aryl methyl sites for hydroxylation is 1. The van der Waals surface area contributed by atoms with Crippen LogP contribution in [0, 0.1) is 12.8 Å². The van der Waals surface area contributed by atoms with E-state index in [9.17, 15) is 9.59 Å². The summed E-state index contributed by atoms with van der Waals surface area (Å²) in [5.41, 5.74) is 0.590. The molecule has 1 aliphatic heterocycles. The summed E-state index contributed by atoms with van der Waals surface area (Å²) in [4.78, 5) is 28.3.